The van der Waals surface area contributed by atoms with Gasteiger partial charge in [0.2, 0.25) is 0 Å². The van der Waals surface area contributed by atoms with Crippen molar-refractivity contribution in [2.75, 3.05) is 0 Å². The number of carbonyl (C=O) groups is 1. The van der Waals surface area contributed by atoms with E-state index in [0.717, 1.165) is 19.3 Å². The lowest BCUT2D eigenvalue weighted by molar-refractivity contribution is 0.0167. The van der Waals surface area contributed by atoms with E-state index in [0.29, 0.717) is 12.0 Å². The molecule has 1 rings (SSSR count). The Bertz CT molecular complexity index is 362. The molecule has 0 saturated heterocycles. The zero-order valence-electron chi connectivity index (χ0n) is 11.6. The van der Waals surface area contributed by atoms with E-state index in [2.05, 4.69) is 6.92 Å². The molecule has 0 aromatic heterocycles. The minimum Gasteiger partial charge on any atom is -0.390 e. The predicted molar refractivity (Wildman–Crippen MR) is 76.2 cm³/mol. The number of rotatable bonds is 9. The molecule has 0 aliphatic rings. The first-order chi connectivity index (χ1) is 9.16. The summed E-state index contributed by atoms with van der Waals surface area (Å²) >= 11 is 0. The van der Waals surface area contributed by atoms with Crippen molar-refractivity contribution in [2.24, 2.45) is 0 Å². The van der Waals surface area contributed by atoms with Gasteiger partial charge in [-0.2, -0.15) is 0 Å². The van der Waals surface area contributed by atoms with E-state index in [1.165, 1.54) is 12.8 Å². The van der Waals surface area contributed by atoms with Gasteiger partial charge in [-0.1, -0.05) is 69.4 Å². The SMILES string of the molecule is CCCCCCC[C@@H](O)[C@H](O)C(=O)c1ccccc1. The minimum atomic E-state index is -1.31. The summed E-state index contributed by atoms with van der Waals surface area (Å²) in [6.07, 6.45) is 3.61. The van der Waals surface area contributed by atoms with Crippen LogP contribution >= 0.6 is 0 Å². The molecule has 3 nitrogen and oxygen atoms in total. The Balaban J connectivity index is 2.35. The zero-order valence-corrected chi connectivity index (χ0v) is 11.6. The Labute approximate surface area is 115 Å². The number of aliphatic hydroxyl groups is 2. The highest BCUT2D eigenvalue weighted by Gasteiger charge is 2.24. The van der Waals surface area contributed by atoms with Gasteiger partial charge >= 0.3 is 0 Å². The van der Waals surface area contributed by atoms with Crippen molar-refractivity contribution in [3.63, 3.8) is 0 Å². The Morgan fingerprint density at radius 2 is 1.68 bits per heavy atom. The average molecular weight is 264 g/mol. The molecule has 0 bridgehead atoms. The molecule has 0 aliphatic carbocycles. The van der Waals surface area contributed by atoms with Crippen LogP contribution in [0.3, 0.4) is 0 Å². The van der Waals surface area contributed by atoms with Crippen molar-refractivity contribution in [1.82, 2.24) is 0 Å². The van der Waals surface area contributed by atoms with Crippen molar-refractivity contribution in [3.05, 3.63) is 35.9 Å². The fourth-order valence-corrected chi connectivity index (χ4v) is 2.06. The summed E-state index contributed by atoms with van der Waals surface area (Å²) in [5.41, 5.74) is 0.444. The molecule has 0 heterocycles. The number of aliphatic hydroxyl groups excluding tert-OH is 2. The third-order valence-corrected chi connectivity index (χ3v) is 3.29. The number of ketones is 1. The summed E-state index contributed by atoms with van der Waals surface area (Å²) in [5, 5.41) is 19.7. The smallest absolute Gasteiger partial charge is 0.193 e. The molecule has 0 unspecified atom stereocenters. The standard InChI is InChI=1S/C16H24O3/c1-2-3-4-5-9-12-14(17)16(19)15(18)13-10-7-6-8-11-13/h6-8,10-11,14,16-17,19H,2-5,9,12H2,1H3/t14-,16+/m1/s1. The normalized spacial score (nSPS) is 14.1. The van der Waals surface area contributed by atoms with Crippen LogP contribution in [0.5, 0.6) is 0 Å². The molecular weight excluding hydrogens is 240 g/mol. The van der Waals surface area contributed by atoms with Gasteiger partial charge in [-0.05, 0) is 6.42 Å². The first kappa shape index (κ1) is 15.9. The van der Waals surface area contributed by atoms with Crippen LogP contribution in [0.25, 0.3) is 0 Å². The Hall–Kier alpha value is -1.19. The topological polar surface area (TPSA) is 57.5 Å². The van der Waals surface area contributed by atoms with Gasteiger partial charge in [-0.15, -0.1) is 0 Å². The summed E-state index contributed by atoms with van der Waals surface area (Å²) in [4.78, 5) is 11.9. The molecule has 0 amide bonds. The maximum absolute atomic E-state index is 11.9. The van der Waals surface area contributed by atoms with Gasteiger partial charge in [-0.25, -0.2) is 0 Å². The van der Waals surface area contributed by atoms with Gasteiger partial charge in [0.05, 0.1) is 6.10 Å². The monoisotopic (exact) mass is 264 g/mol. The molecule has 2 atom stereocenters. The molecule has 0 saturated carbocycles. The molecule has 1 aromatic rings. The number of Topliss-reactive ketones (excluding diaryl/α,β-unsaturated/α-hetero) is 1. The highest BCUT2D eigenvalue weighted by atomic mass is 16.3. The van der Waals surface area contributed by atoms with E-state index < -0.39 is 18.0 Å². The third-order valence-electron chi connectivity index (χ3n) is 3.29. The summed E-state index contributed by atoms with van der Waals surface area (Å²) in [7, 11) is 0. The van der Waals surface area contributed by atoms with Crippen molar-refractivity contribution >= 4 is 5.78 Å². The van der Waals surface area contributed by atoms with E-state index in [4.69, 9.17) is 0 Å². The first-order valence-electron chi connectivity index (χ1n) is 7.12. The second-order valence-electron chi connectivity index (χ2n) is 4.95. The summed E-state index contributed by atoms with van der Waals surface area (Å²) in [6.45, 7) is 2.15. The largest absolute Gasteiger partial charge is 0.390 e. The lowest BCUT2D eigenvalue weighted by Gasteiger charge is -2.16. The van der Waals surface area contributed by atoms with Crippen LogP contribution in [0.1, 0.15) is 55.8 Å². The molecule has 0 radical (unpaired) electrons. The highest BCUT2D eigenvalue weighted by Crippen LogP contribution is 2.13. The number of unbranched alkanes of at least 4 members (excludes halogenated alkanes) is 4. The van der Waals surface area contributed by atoms with E-state index in [1.807, 2.05) is 6.07 Å². The van der Waals surface area contributed by atoms with Crippen molar-refractivity contribution in [3.8, 4) is 0 Å². The average Bonchev–Trinajstić information content (AvgIpc) is 2.46. The van der Waals surface area contributed by atoms with E-state index >= 15 is 0 Å². The molecular formula is C16H24O3. The third kappa shape index (κ3) is 5.53. The summed E-state index contributed by atoms with van der Waals surface area (Å²) in [6, 6.07) is 8.61. The molecule has 0 spiro atoms. The quantitative estimate of drug-likeness (QED) is 0.532. The van der Waals surface area contributed by atoms with E-state index in [-0.39, 0.29) is 0 Å². The summed E-state index contributed by atoms with van der Waals surface area (Å²) < 4.78 is 0. The van der Waals surface area contributed by atoms with Crippen LogP contribution < -0.4 is 0 Å². The first-order valence-corrected chi connectivity index (χ1v) is 7.12. The maximum Gasteiger partial charge on any atom is 0.193 e. The fraction of sp³-hybridized carbons (Fsp3) is 0.562. The number of carbonyl (C=O) groups excluding carboxylic acids is 1. The van der Waals surface area contributed by atoms with Gasteiger partial charge in [0, 0.05) is 5.56 Å². The fourth-order valence-electron chi connectivity index (χ4n) is 2.06. The predicted octanol–water partition coefficient (Wildman–Crippen LogP) is 2.95. The second kappa shape index (κ2) is 8.83. The number of benzene rings is 1. The summed E-state index contributed by atoms with van der Waals surface area (Å²) in [5.74, 6) is -0.401. The molecule has 19 heavy (non-hydrogen) atoms. The molecule has 1 aromatic carbocycles. The van der Waals surface area contributed by atoms with Gasteiger partial charge < -0.3 is 10.2 Å². The van der Waals surface area contributed by atoms with Crippen LogP contribution in [0.4, 0.5) is 0 Å². The highest BCUT2D eigenvalue weighted by molar-refractivity contribution is 5.99. The van der Waals surface area contributed by atoms with E-state index in [9.17, 15) is 15.0 Å². The molecule has 2 N–H and O–H groups in total. The maximum atomic E-state index is 11.9. The zero-order chi connectivity index (χ0) is 14.1. The van der Waals surface area contributed by atoms with Crippen LogP contribution in [-0.2, 0) is 0 Å². The van der Waals surface area contributed by atoms with Crippen LogP contribution in [0.15, 0.2) is 30.3 Å². The van der Waals surface area contributed by atoms with Crippen molar-refractivity contribution < 1.29 is 15.0 Å². The van der Waals surface area contributed by atoms with Gasteiger partial charge in [0.15, 0.2) is 5.78 Å². The lowest BCUT2D eigenvalue weighted by atomic mass is 9.98. The minimum absolute atomic E-state index is 0.401. The van der Waals surface area contributed by atoms with E-state index in [1.54, 1.807) is 24.3 Å². The number of hydrogen-bond donors (Lipinski definition) is 2. The van der Waals surface area contributed by atoms with Crippen LogP contribution in [0, 0.1) is 0 Å². The Morgan fingerprint density at radius 1 is 1.05 bits per heavy atom. The van der Waals surface area contributed by atoms with Crippen molar-refractivity contribution in [2.45, 2.75) is 57.7 Å². The molecule has 3 heteroatoms. The van der Waals surface area contributed by atoms with Crippen LogP contribution in [0.2, 0.25) is 0 Å². The van der Waals surface area contributed by atoms with Gasteiger partial charge in [-0.3, -0.25) is 4.79 Å². The molecule has 0 aliphatic heterocycles. The second-order valence-corrected chi connectivity index (χ2v) is 4.95. The Morgan fingerprint density at radius 3 is 2.32 bits per heavy atom. The van der Waals surface area contributed by atoms with Crippen molar-refractivity contribution in [1.29, 1.82) is 0 Å². The van der Waals surface area contributed by atoms with Gasteiger partial charge in [0.25, 0.3) is 0 Å². The number of hydrogen-bond acceptors (Lipinski definition) is 3. The van der Waals surface area contributed by atoms with Crippen LogP contribution in [-0.4, -0.2) is 28.2 Å². The molecule has 0 fully saturated rings. The molecule has 106 valence electrons. The lowest BCUT2D eigenvalue weighted by Crippen LogP contribution is -2.33. The Kier molecular flexibility index (Phi) is 7.38. The van der Waals surface area contributed by atoms with Gasteiger partial charge in [0.1, 0.15) is 6.10 Å².